The van der Waals surface area contributed by atoms with Crippen molar-refractivity contribution in [1.29, 1.82) is 0 Å². The summed E-state index contributed by atoms with van der Waals surface area (Å²) in [7, 11) is 0. The number of ether oxygens (including phenoxy) is 1. The van der Waals surface area contributed by atoms with Crippen molar-refractivity contribution < 1.29 is 4.74 Å². The number of hydrogen-bond acceptors (Lipinski definition) is 4. The van der Waals surface area contributed by atoms with Gasteiger partial charge in [0.05, 0.1) is 12.3 Å². The van der Waals surface area contributed by atoms with Gasteiger partial charge in [-0.15, -0.1) is 0 Å². The minimum Gasteiger partial charge on any atom is -0.491 e. The Balaban J connectivity index is 1.20. The van der Waals surface area contributed by atoms with Crippen LogP contribution in [0.1, 0.15) is 30.4 Å². The lowest BCUT2D eigenvalue weighted by atomic mass is 9.90. The molecule has 1 saturated heterocycles. The summed E-state index contributed by atoms with van der Waals surface area (Å²) in [6.45, 7) is 6.27. The second-order valence-corrected chi connectivity index (χ2v) is 7.69. The van der Waals surface area contributed by atoms with Crippen LogP contribution >= 0.6 is 0 Å². The van der Waals surface area contributed by atoms with E-state index in [1.807, 2.05) is 0 Å². The predicted molar refractivity (Wildman–Crippen MR) is 113 cm³/mol. The van der Waals surface area contributed by atoms with Crippen LogP contribution in [0.15, 0.2) is 42.5 Å². The number of aryl methyl sites for hydroxylation is 1. The highest BCUT2D eigenvalue weighted by Gasteiger charge is 2.17. The average molecular weight is 366 g/mol. The van der Waals surface area contributed by atoms with Crippen LogP contribution in [-0.4, -0.2) is 44.2 Å². The number of hydrogen-bond donors (Lipinski definition) is 1. The molecule has 2 aromatic carbocycles. The first-order valence-corrected chi connectivity index (χ1v) is 10.4. The maximum absolute atomic E-state index is 6.36. The molecule has 0 spiro atoms. The van der Waals surface area contributed by atoms with Crippen LogP contribution in [0.2, 0.25) is 0 Å². The highest BCUT2D eigenvalue weighted by atomic mass is 16.5. The molecule has 2 aliphatic rings. The van der Waals surface area contributed by atoms with Crippen LogP contribution in [0.4, 0.5) is 11.4 Å². The third kappa shape index (κ3) is 4.38. The molecule has 4 nitrogen and oxygen atoms in total. The quantitative estimate of drug-likeness (QED) is 0.625. The molecule has 1 aliphatic carbocycles. The average Bonchev–Trinajstić information content (AvgIpc) is 2.74. The van der Waals surface area contributed by atoms with Crippen LogP contribution in [-0.2, 0) is 12.8 Å². The number of rotatable bonds is 6. The van der Waals surface area contributed by atoms with Crippen LogP contribution in [0.5, 0.6) is 5.75 Å². The molecule has 27 heavy (non-hydrogen) atoms. The van der Waals surface area contributed by atoms with Gasteiger partial charge in [-0.3, -0.25) is 4.90 Å². The maximum Gasteiger partial charge on any atom is 0.142 e. The first-order valence-electron chi connectivity index (χ1n) is 10.4. The van der Waals surface area contributed by atoms with Crippen LogP contribution in [0.3, 0.4) is 0 Å². The van der Waals surface area contributed by atoms with E-state index >= 15 is 0 Å². The summed E-state index contributed by atoms with van der Waals surface area (Å²) in [5.74, 6) is 0.879. The first-order chi connectivity index (χ1) is 13.3. The predicted octanol–water partition coefficient (Wildman–Crippen LogP) is 3.74. The molecular formula is C23H31N3O. The fraction of sp³-hybridized carbons (Fsp3) is 0.478. The van der Waals surface area contributed by atoms with E-state index in [9.17, 15) is 0 Å². The zero-order valence-electron chi connectivity index (χ0n) is 16.2. The fourth-order valence-electron chi connectivity index (χ4n) is 4.30. The maximum atomic E-state index is 6.36. The smallest absolute Gasteiger partial charge is 0.142 e. The van der Waals surface area contributed by atoms with E-state index in [1.54, 1.807) is 0 Å². The molecule has 0 amide bonds. The summed E-state index contributed by atoms with van der Waals surface area (Å²) < 4.78 is 6.02. The van der Waals surface area contributed by atoms with E-state index in [0.717, 1.165) is 70.0 Å². The minimum absolute atomic E-state index is 0.738. The van der Waals surface area contributed by atoms with Crippen LogP contribution in [0, 0.1) is 0 Å². The second-order valence-electron chi connectivity index (χ2n) is 7.69. The Hall–Kier alpha value is -2.20. The number of nitrogens with two attached hydrogens (primary N) is 1. The lowest BCUT2D eigenvalue weighted by Gasteiger charge is -2.36. The second kappa shape index (κ2) is 8.66. The third-order valence-electron chi connectivity index (χ3n) is 5.91. The van der Waals surface area contributed by atoms with E-state index in [1.165, 1.54) is 29.7 Å². The van der Waals surface area contributed by atoms with Gasteiger partial charge in [-0.2, -0.15) is 0 Å². The van der Waals surface area contributed by atoms with Gasteiger partial charge in [0.1, 0.15) is 5.75 Å². The Labute approximate surface area is 162 Å². The summed E-state index contributed by atoms with van der Waals surface area (Å²) in [5.41, 5.74) is 11.3. The van der Waals surface area contributed by atoms with Gasteiger partial charge < -0.3 is 15.4 Å². The van der Waals surface area contributed by atoms with E-state index in [-0.39, 0.29) is 0 Å². The minimum atomic E-state index is 0.738. The first kappa shape index (κ1) is 18.2. The molecule has 1 aliphatic heterocycles. The van der Waals surface area contributed by atoms with Crippen molar-refractivity contribution in [2.75, 3.05) is 50.0 Å². The summed E-state index contributed by atoms with van der Waals surface area (Å²) in [5, 5.41) is 0. The van der Waals surface area contributed by atoms with Crippen molar-refractivity contribution in [3.05, 3.63) is 53.6 Å². The SMILES string of the molecule is Nc1c(OCCCN2CCN(c3ccccc3)CC2)ccc2c1CCCC2. The number of piperazine rings is 1. The van der Waals surface area contributed by atoms with Crippen LogP contribution < -0.4 is 15.4 Å². The van der Waals surface area contributed by atoms with E-state index in [2.05, 4.69) is 52.3 Å². The lowest BCUT2D eigenvalue weighted by molar-refractivity contribution is 0.225. The molecule has 0 bridgehead atoms. The molecule has 4 heteroatoms. The van der Waals surface area contributed by atoms with Gasteiger partial charge in [-0.05, 0) is 61.4 Å². The van der Waals surface area contributed by atoms with E-state index < -0.39 is 0 Å². The fourth-order valence-corrected chi connectivity index (χ4v) is 4.30. The Morgan fingerprint density at radius 1 is 0.889 bits per heavy atom. The lowest BCUT2D eigenvalue weighted by Crippen LogP contribution is -2.46. The van der Waals surface area contributed by atoms with Gasteiger partial charge in [0.2, 0.25) is 0 Å². The molecule has 144 valence electrons. The normalized spacial score (nSPS) is 17.6. The van der Waals surface area contributed by atoms with Gasteiger partial charge >= 0.3 is 0 Å². The molecular weight excluding hydrogens is 334 g/mol. The zero-order valence-corrected chi connectivity index (χ0v) is 16.2. The van der Waals surface area contributed by atoms with Crippen molar-refractivity contribution in [1.82, 2.24) is 4.90 Å². The van der Waals surface area contributed by atoms with Crippen molar-refractivity contribution in [2.45, 2.75) is 32.1 Å². The molecule has 0 atom stereocenters. The number of nitrogen functional groups attached to an aromatic ring is 1. The number of anilines is 2. The molecule has 0 aromatic heterocycles. The van der Waals surface area contributed by atoms with Crippen molar-refractivity contribution >= 4 is 11.4 Å². The Morgan fingerprint density at radius 3 is 2.48 bits per heavy atom. The largest absolute Gasteiger partial charge is 0.491 e. The molecule has 0 unspecified atom stereocenters. The van der Waals surface area contributed by atoms with E-state index in [0.29, 0.717) is 0 Å². The van der Waals surface area contributed by atoms with Crippen molar-refractivity contribution in [3.63, 3.8) is 0 Å². The Bertz CT molecular complexity index is 739. The number of para-hydroxylation sites is 1. The molecule has 1 heterocycles. The van der Waals surface area contributed by atoms with Gasteiger partial charge in [-0.25, -0.2) is 0 Å². The molecule has 4 rings (SSSR count). The number of benzene rings is 2. The van der Waals surface area contributed by atoms with Gasteiger partial charge in [0.15, 0.2) is 0 Å². The van der Waals surface area contributed by atoms with Crippen molar-refractivity contribution in [2.24, 2.45) is 0 Å². The Morgan fingerprint density at radius 2 is 1.67 bits per heavy atom. The highest BCUT2D eigenvalue weighted by molar-refractivity contribution is 5.62. The number of nitrogens with zero attached hydrogens (tertiary/aromatic N) is 2. The summed E-state index contributed by atoms with van der Waals surface area (Å²) in [6, 6.07) is 15.0. The topological polar surface area (TPSA) is 41.7 Å². The molecule has 0 radical (unpaired) electrons. The van der Waals surface area contributed by atoms with E-state index in [4.69, 9.17) is 10.5 Å². The van der Waals surface area contributed by atoms with Gasteiger partial charge in [-0.1, -0.05) is 24.3 Å². The van der Waals surface area contributed by atoms with Gasteiger partial charge in [0.25, 0.3) is 0 Å². The summed E-state index contributed by atoms with van der Waals surface area (Å²) in [4.78, 5) is 5.01. The third-order valence-corrected chi connectivity index (χ3v) is 5.91. The monoisotopic (exact) mass is 365 g/mol. The number of fused-ring (bicyclic) bond motifs is 1. The molecule has 2 N–H and O–H groups in total. The molecule has 1 fully saturated rings. The Kier molecular flexibility index (Phi) is 5.83. The standard InChI is InChI=1S/C23H31N3O/c24-23-21-10-5-4-7-19(21)11-12-22(23)27-18-6-13-25-14-16-26(17-15-25)20-8-2-1-3-9-20/h1-3,8-9,11-12H,4-7,10,13-18,24H2. The van der Waals surface area contributed by atoms with Crippen LogP contribution in [0.25, 0.3) is 0 Å². The molecule has 0 saturated carbocycles. The van der Waals surface area contributed by atoms with Crippen molar-refractivity contribution in [3.8, 4) is 5.75 Å². The highest BCUT2D eigenvalue weighted by Crippen LogP contribution is 2.33. The summed E-state index contributed by atoms with van der Waals surface area (Å²) in [6.07, 6.45) is 5.83. The summed E-state index contributed by atoms with van der Waals surface area (Å²) >= 11 is 0. The zero-order chi connectivity index (χ0) is 18.5. The molecule has 2 aromatic rings. The van der Waals surface area contributed by atoms with Gasteiger partial charge in [0, 0.05) is 38.4 Å².